The lowest BCUT2D eigenvalue weighted by atomic mass is 10.2. The summed E-state index contributed by atoms with van der Waals surface area (Å²) in [5.41, 5.74) is 2.69. The van der Waals surface area contributed by atoms with Crippen LogP contribution < -0.4 is 10.6 Å². The van der Waals surface area contributed by atoms with E-state index in [1.54, 1.807) is 43.1 Å². The topological polar surface area (TPSA) is 85.2 Å². The van der Waals surface area contributed by atoms with Crippen LogP contribution in [0.5, 0.6) is 0 Å². The van der Waals surface area contributed by atoms with Gasteiger partial charge in [0.15, 0.2) is 0 Å². The average molecular weight is 350 g/mol. The lowest BCUT2D eigenvalue weighted by Crippen LogP contribution is -2.43. The second-order valence-corrected chi connectivity index (χ2v) is 6.15. The van der Waals surface area contributed by atoms with Crippen LogP contribution in [0.15, 0.2) is 48.5 Å². The Bertz CT molecular complexity index is 824. The third-order valence-electron chi connectivity index (χ3n) is 4.07. The van der Waals surface area contributed by atoms with Gasteiger partial charge in [-0.15, -0.1) is 0 Å². The standard InChI is InChI=1S/C20H22N4O2/c1-14-8-10-17(11-9-14)22-19(25)13-24(3)15(2)20(26)23-18-7-5-4-6-16(18)12-21/h4-11,15H,13H2,1-3H3,(H,22,25)(H,23,26)/t15-/m1/s1. The number of likely N-dealkylation sites (N-methyl/N-ethyl adjacent to an activating group) is 1. The zero-order valence-electron chi connectivity index (χ0n) is 15.1. The molecule has 0 fully saturated rings. The maximum Gasteiger partial charge on any atom is 0.241 e. The van der Waals surface area contributed by atoms with E-state index in [9.17, 15) is 9.59 Å². The molecule has 0 aliphatic heterocycles. The first-order chi connectivity index (χ1) is 12.4. The number of nitrogens with one attached hydrogen (secondary N) is 2. The van der Waals surface area contributed by atoms with Crippen LogP contribution in [0.4, 0.5) is 11.4 Å². The minimum atomic E-state index is -0.537. The minimum absolute atomic E-state index is 0.0718. The van der Waals surface area contributed by atoms with E-state index in [1.165, 1.54) is 0 Å². The van der Waals surface area contributed by atoms with Crippen LogP contribution in [-0.2, 0) is 9.59 Å². The summed E-state index contributed by atoms with van der Waals surface area (Å²) >= 11 is 0. The average Bonchev–Trinajstić information content (AvgIpc) is 2.63. The highest BCUT2D eigenvalue weighted by Gasteiger charge is 2.21. The number of carbonyl (C=O) groups is 2. The predicted octanol–water partition coefficient (Wildman–Crippen LogP) is 2.76. The van der Waals surface area contributed by atoms with E-state index in [1.807, 2.05) is 37.3 Å². The van der Waals surface area contributed by atoms with Gasteiger partial charge in [0.1, 0.15) is 6.07 Å². The fourth-order valence-electron chi connectivity index (χ4n) is 2.33. The van der Waals surface area contributed by atoms with Gasteiger partial charge in [-0.3, -0.25) is 14.5 Å². The van der Waals surface area contributed by atoms with Gasteiger partial charge in [-0.1, -0.05) is 29.8 Å². The normalized spacial score (nSPS) is 11.5. The molecule has 0 aromatic heterocycles. The van der Waals surface area contributed by atoms with Crippen LogP contribution in [0, 0.1) is 18.3 Å². The largest absolute Gasteiger partial charge is 0.325 e. The summed E-state index contributed by atoms with van der Waals surface area (Å²) in [6.07, 6.45) is 0. The molecule has 2 amide bonds. The van der Waals surface area contributed by atoms with Gasteiger partial charge in [0.05, 0.1) is 23.8 Å². The molecule has 2 N–H and O–H groups in total. The molecule has 0 unspecified atom stereocenters. The lowest BCUT2D eigenvalue weighted by Gasteiger charge is -2.23. The number of hydrogen-bond donors (Lipinski definition) is 2. The first-order valence-corrected chi connectivity index (χ1v) is 8.27. The number of aryl methyl sites for hydroxylation is 1. The number of para-hydroxylation sites is 1. The smallest absolute Gasteiger partial charge is 0.241 e. The van der Waals surface area contributed by atoms with Crippen molar-refractivity contribution in [2.24, 2.45) is 0 Å². The molecule has 0 bridgehead atoms. The molecule has 0 spiro atoms. The number of rotatable bonds is 6. The maximum absolute atomic E-state index is 12.4. The van der Waals surface area contributed by atoms with Crippen molar-refractivity contribution in [3.63, 3.8) is 0 Å². The molecule has 26 heavy (non-hydrogen) atoms. The summed E-state index contributed by atoms with van der Waals surface area (Å²) in [5.74, 6) is -0.480. The quantitative estimate of drug-likeness (QED) is 0.839. The number of anilines is 2. The van der Waals surface area contributed by atoms with Gasteiger partial charge < -0.3 is 10.6 Å². The maximum atomic E-state index is 12.4. The summed E-state index contributed by atoms with van der Waals surface area (Å²) in [6, 6.07) is 15.8. The number of amides is 2. The van der Waals surface area contributed by atoms with Crippen LogP contribution >= 0.6 is 0 Å². The highest BCUT2D eigenvalue weighted by atomic mass is 16.2. The molecule has 6 heteroatoms. The second kappa shape index (κ2) is 8.79. The third kappa shape index (κ3) is 5.16. The molecule has 2 aromatic rings. The van der Waals surface area contributed by atoms with Gasteiger partial charge in [0.25, 0.3) is 0 Å². The van der Waals surface area contributed by atoms with E-state index in [4.69, 9.17) is 5.26 Å². The van der Waals surface area contributed by atoms with Crippen molar-refractivity contribution >= 4 is 23.2 Å². The Morgan fingerprint density at radius 3 is 2.42 bits per heavy atom. The summed E-state index contributed by atoms with van der Waals surface area (Å²) in [6.45, 7) is 3.76. The third-order valence-corrected chi connectivity index (χ3v) is 4.07. The van der Waals surface area contributed by atoms with Crippen LogP contribution in [0.2, 0.25) is 0 Å². The van der Waals surface area contributed by atoms with E-state index < -0.39 is 6.04 Å². The molecule has 0 radical (unpaired) electrons. The molecule has 134 valence electrons. The Morgan fingerprint density at radius 1 is 1.12 bits per heavy atom. The van der Waals surface area contributed by atoms with E-state index >= 15 is 0 Å². The highest BCUT2D eigenvalue weighted by Crippen LogP contribution is 2.14. The molecule has 0 heterocycles. The van der Waals surface area contributed by atoms with Crippen molar-refractivity contribution in [2.45, 2.75) is 19.9 Å². The molecule has 1 atom stereocenters. The van der Waals surface area contributed by atoms with E-state index in [0.717, 1.165) is 5.56 Å². The highest BCUT2D eigenvalue weighted by molar-refractivity contribution is 5.97. The Balaban J connectivity index is 1.92. The Morgan fingerprint density at radius 2 is 1.77 bits per heavy atom. The second-order valence-electron chi connectivity index (χ2n) is 6.15. The molecule has 6 nitrogen and oxygen atoms in total. The monoisotopic (exact) mass is 350 g/mol. The van der Waals surface area contributed by atoms with Crippen LogP contribution in [0.25, 0.3) is 0 Å². The van der Waals surface area contributed by atoms with Crippen molar-refractivity contribution < 1.29 is 9.59 Å². The fraction of sp³-hybridized carbons (Fsp3) is 0.250. The lowest BCUT2D eigenvalue weighted by molar-refractivity contribution is -0.122. The summed E-state index contributed by atoms with van der Waals surface area (Å²) < 4.78 is 0. The number of carbonyl (C=O) groups excluding carboxylic acids is 2. The molecule has 0 saturated heterocycles. The number of benzene rings is 2. The zero-order chi connectivity index (χ0) is 19.1. The Hall–Kier alpha value is -3.17. The molecule has 0 aliphatic rings. The van der Waals surface area contributed by atoms with E-state index in [-0.39, 0.29) is 18.4 Å². The van der Waals surface area contributed by atoms with Crippen molar-refractivity contribution in [1.82, 2.24) is 4.90 Å². The van der Waals surface area contributed by atoms with Crippen LogP contribution in [0.1, 0.15) is 18.1 Å². The molecule has 0 saturated carbocycles. The van der Waals surface area contributed by atoms with Crippen LogP contribution in [-0.4, -0.2) is 36.3 Å². The van der Waals surface area contributed by atoms with E-state index in [0.29, 0.717) is 16.9 Å². The van der Waals surface area contributed by atoms with Crippen molar-refractivity contribution in [2.75, 3.05) is 24.2 Å². The summed E-state index contributed by atoms with van der Waals surface area (Å²) in [4.78, 5) is 26.2. The summed E-state index contributed by atoms with van der Waals surface area (Å²) in [5, 5.41) is 14.6. The zero-order valence-corrected chi connectivity index (χ0v) is 15.1. The van der Waals surface area contributed by atoms with Gasteiger partial charge in [-0.25, -0.2) is 0 Å². The van der Waals surface area contributed by atoms with Crippen molar-refractivity contribution in [3.8, 4) is 6.07 Å². The molecular formula is C20H22N4O2. The van der Waals surface area contributed by atoms with Crippen molar-refractivity contribution in [1.29, 1.82) is 5.26 Å². The van der Waals surface area contributed by atoms with Gasteiger partial charge in [0.2, 0.25) is 11.8 Å². The summed E-state index contributed by atoms with van der Waals surface area (Å²) in [7, 11) is 1.70. The molecule has 2 aromatic carbocycles. The molecular weight excluding hydrogens is 328 g/mol. The van der Waals surface area contributed by atoms with Gasteiger partial charge in [0, 0.05) is 5.69 Å². The van der Waals surface area contributed by atoms with Crippen LogP contribution in [0.3, 0.4) is 0 Å². The van der Waals surface area contributed by atoms with E-state index in [2.05, 4.69) is 10.6 Å². The van der Waals surface area contributed by atoms with Gasteiger partial charge in [-0.05, 0) is 45.2 Å². The Labute approximate surface area is 153 Å². The van der Waals surface area contributed by atoms with Gasteiger partial charge >= 0.3 is 0 Å². The molecule has 2 rings (SSSR count). The Kier molecular flexibility index (Phi) is 6.48. The van der Waals surface area contributed by atoms with Crippen molar-refractivity contribution in [3.05, 3.63) is 59.7 Å². The SMILES string of the molecule is Cc1ccc(NC(=O)CN(C)[C@H](C)C(=O)Nc2ccccc2C#N)cc1. The number of nitriles is 1. The fourth-order valence-corrected chi connectivity index (χ4v) is 2.33. The number of nitrogens with zero attached hydrogens (tertiary/aromatic N) is 2. The first kappa shape index (κ1) is 19.2. The minimum Gasteiger partial charge on any atom is -0.325 e. The molecule has 0 aliphatic carbocycles. The number of hydrogen-bond acceptors (Lipinski definition) is 4. The predicted molar refractivity (Wildman–Crippen MR) is 102 cm³/mol. The first-order valence-electron chi connectivity index (χ1n) is 8.27. The van der Waals surface area contributed by atoms with Gasteiger partial charge in [-0.2, -0.15) is 5.26 Å².